The van der Waals surface area contributed by atoms with Crippen LogP contribution in [0, 0.1) is 0 Å². The van der Waals surface area contributed by atoms with E-state index in [1.165, 1.54) is 26.5 Å². The Bertz CT molecular complexity index is 997. The third-order valence-electron chi connectivity index (χ3n) is 5.41. The molecule has 0 radical (unpaired) electrons. The van der Waals surface area contributed by atoms with Crippen LogP contribution in [0.15, 0.2) is 65.6 Å². The number of nitrogens with zero attached hydrogens (tertiary/aromatic N) is 1. The Kier molecular flexibility index (Phi) is 6.93. The van der Waals surface area contributed by atoms with Gasteiger partial charge < -0.3 is 5.32 Å². The molecule has 4 rings (SSSR count). The summed E-state index contributed by atoms with van der Waals surface area (Å²) in [5.41, 5.74) is 3.88. The predicted octanol–water partition coefficient (Wildman–Crippen LogP) is 6.05. The third-order valence-corrected chi connectivity index (χ3v) is 7.75. The first-order valence-corrected chi connectivity index (χ1v) is 12.3. The summed E-state index contributed by atoms with van der Waals surface area (Å²) in [5.74, 6) is 0.995. The van der Waals surface area contributed by atoms with Crippen LogP contribution in [0.5, 0.6) is 0 Å². The van der Waals surface area contributed by atoms with Crippen LogP contribution < -0.4 is 5.32 Å². The van der Waals surface area contributed by atoms with Crippen molar-refractivity contribution in [2.24, 2.45) is 0 Å². The maximum absolute atomic E-state index is 12.7. The van der Waals surface area contributed by atoms with Crippen LogP contribution in [-0.2, 0) is 12.3 Å². The minimum absolute atomic E-state index is 0.0519. The van der Waals surface area contributed by atoms with Gasteiger partial charge in [-0.25, -0.2) is 0 Å². The normalized spacial score (nSPS) is 12.7. The number of thiophene rings is 1. The van der Waals surface area contributed by atoms with Gasteiger partial charge in [0, 0.05) is 46.8 Å². The first-order valence-electron chi connectivity index (χ1n) is 10.5. The zero-order chi connectivity index (χ0) is 20.9. The van der Waals surface area contributed by atoms with Gasteiger partial charge in [-0.05, 0) is 43.5 Å². The summed E-state index contributed by atoms with van der Waals surface area (Å²) in [5, 5.41) is 3.13. The fourth-order valence-electron chi connectivity index (χ4n) is 3.72. The van der Waals surface area contributed by atoms with Gasteiger partial charge in [-0.2, -0.15) is 0 Å². The summed E-state index contributed by atoms with van der Waals surface area (Å²) < 4.78 is 0. The molecule has 3 aromatic rings. The Morgan fingerprint density at radius 2 is 1.87 bits per heavy atom. The maximum atomic E-state index is 12.7. The molecular formula is C25H28N2OS2. The van der Waals surface area contributed by atoms with Gasteiger partial charge in [0.2, 0.25) is 0 Å². The minimum Gasteiger partial charge on any atom is -0.351 e. The molecular weight excluding hydrogens is 408 g/mol. The number of benzene rings is 2. The number of amides is 1. The van der Waals surface area contributed by atoms with Crippen molar-refractivity contribution in [3.05, 3.63) is 76.7 Å². The van der Waals surface area contributed by atoms with Gasteiger partial charge in [0.1, 0.15) is 0 Å². The molecule has 0 saturated heterocycles. The van der Waals surface area contributed by atoms with Gasteiger partial charge in [0.05, 0.1) is 4.88 Å². The molecule has 156 valence electrons. The van der Waals surface area contributed by atoms with E-state index in [4.69, 9.17) is 0 Å². The van der Waals surface area contributed by atoms with E-state index in [-0.39, 0.29) is 5.91 Å². The zero-order valence-electron chi connectivity index (χ0n) is 17.6. The second kappa shape index (κ2) is 9.82. The monoisotopic (exact) mass is 436 g/mol. The number of nitrogens with one attached hydrogen (secondary N) is 1. The molecule has 1 N–H and O–H groups in total. The van der Waals surface area contributed by atoms with Crippen molar-refractivity contribution in [2.75, 3.05) is 13.1 Å². The largest absolute Gasteiger partial charge is 0.351 e. The maximum Gasteiger partial charge on any atom is 0.261 e. The van der Waals surface area contributed by atoms with Crippen LogP contribution in [-0.4, -0.2) is 29.9 Å². The topological polar surface area (TPSA) is 32.3 Å². The van der Waals surface area contributed by atoms with Crippen LogP contribution >= 0.6 is 23.1 Å². The third kappa shape index (κ3) is 4.97. The van der Waals surface area contributed by atoms with Crippen LogP contribution in [0.4, 0.5) is 0 Å². The molecule has 0 atom stereocenters. The second-order valence-corrected chi connectivity index (χ2v) is 9.98. The lowest BCUT2D eigenvalue weighted by molar-refractivity contribution is 0.0954. The van der Waals surface area contributed by atoms with E-state index in [0.717, 1.165) is 30.1 Å². The van der Waals surface area contributed by atoms with Gasteiger partial charge in [0.25, 0.3) is 5.91 Å². The number of fused-ring (bicyclic) bond motifs is 3. The number of carbonyl (C=O) groups excluding carboxylic acids is 1. The van der Waals surface area contributed by atoms with Gasteiger partial charge in [-0.1, -0.05) is 48.5 Å². The fourth-order valence-corrected chi connectivity index (χ4v) is 6.05. The number of thioether (sulfide) groups is 1. The lowest BCUT2D eigenvalue weighted by Gasteiger charge is -2.26. The highest BCUT2D eigenvalue weighted by Gasteiger charge is 2.21. The molecule has 1 aliphatic heterocycles. The molecule has 0 saturated carbocycles. The lowest BCUT2D eigenvalue weighted by Crippen LogP contribution is -2.33. The van der Waals surface area contributed by atoms with Gasteiger partial charge in [-0.3, -0.25) is 9.69 Å². The number of rotatable bonds is 8. The molecule has 30 heavy (non-hydrogen) atoms. The van der Waals surface area contributed by atoms with Crippen molar-refractivity contribution in [3.63, 3.8) is 0 Å². The van der Waals surface area contributed by atoms with Gasteiger partial charge in [-0.15, -0.1) is 23.1 Å². The summed E-state index contributed by atoms with van der Waals surface area (Å²) in [6, 6.07) is 21.6. The molecule has 0 aliphatic carbocycles. The highest BCUT2D eigenvalue weighted by molar-refractivity contribution is 7.98. The Labute approximate surface area is 187 Å². The highest BCUT2D eigenvalue weighted by atomic mass is 32.2. The number of hydrogen-bond donors (Lipinski definition) is 1. The van der Waals surface area contributed by atoms with Crippen molar-refractivity contribution in [2.45, 2.75) is 43.5 Å². The SMILES string of the molecule is CC(C)N(CCCNC(=O)c1cc2c(s1)-c1ccccc1SC2)Cc1ccccc1. The van der Waals surface area contributed by atoms with E-state index in [9.17, 15) is 4.79 Å². The second-order valence-electron chi connectivity index (χ2n) is 7.91. The summed E-state index contributed by atoms with van der Waals surface area (Å²) in [6.07, 6.45) is 0.945. The summed E-state index contributed by atoms with van der Waals surface area (Å²) >= 11 is 3.48. The highest BCUT2D eigenvalue weighted by Crippen LogP contribution is 2.45. The Morgan fingerprint density at radius 3 is 2.67 bits per heavy atom. The standard InChI is InChI=1S/C25H28N2OS2/c1-18(2)27(16-19-9-4-3-5-10-19)14-8-13-26-25(28)23-15-20-17-29-22-12-7-6-11-21(22)24(20)30-23/h3-7,9-12,15,18H,8,13-14,16-17H2,1-2H3,(H,26,28). The molecule has 1 amide bonds. The van der Waals surface area contributed by atoms with E-state index in [0.29, 0.717) is 12.6 Å². The van der Waals surface area contributed by atoms with E-state index in [1.807, 2.05) is 11.8 Å². The van der Waals surface area contributed by atoms with Crippen LogP contribution in [0.25, 0.3) is 10.4 Å². The first-order chi connectivity index (χ1) is 14.6. The average Bonchev–Trinajstić information content (AvgIpc) is 3.21. The Morgan fingerprint density at radius 1 is 1.10 bits per heavy atom. The van der Waals surface area contributed by atoms with Gasteiger partial charge in [0.15, 0.2) is 0 Å². The molecule has 0 spiro atoms. The predicted molar refractivity (Wildman–Crippen MR) is 128 cm³/mol. The van der Waals surface area contributed by atoms with Crippen molar-refractivity contribution >= 4 is 29.0 Å². The molecule has 0 bridgehead atoms. The molecule has 2 heterocycles. The lowest BCUT2D eigenvalue weighted by atomic mass is 10.1. The van der Waals surface area contributed by atoms with Crippen molar-refractivity contribution in [1.82, 2.24) is 10.2 Å². The Balaban J connectivity index is 1.31. The molecule has 3 nitrogen and oxygen atoms in total. The molecule has 1 aromatic heterocycles. The summed E-state index contributed by atoms with van der Waals surface area (Å²) in [4.78, 5) is 18.6. The average molecular weight is 437 g/mol. The van der Waals surface area contributed by atoms with Crippen molar-refractivity contribution in [1.29, 1.82) is 0 Å². The van der Waals surface area contributed by atoms with E-state index < -0.39 is 0 Å². The van der Waals surface area contributed by atoms with Crippen LogP contribution in [0.1, 0.15) is 41.1 Å². The van der Waals surface area contributed by atoms with Gasteiger partial charge >= 0.3 is 0 Å². The quantitative estimate of drug-likeness (QED) is 0.436. The van der Waals surface area contributed by atoms with E-state index >= 15 is 0 Å². The molecule has 1 aliphatic rings. The number of carbonyl (C=O) groups is 1. The zero-order valence-corrected chi connectivity index (χ0v) is 19.2. The smallest absolute Gasteiger partial charge is 0.261 e. The number of hydrogen-bond acceptors (Lipinski definition) is 4. The Hall–Kier alpha value is -2.08. The molecule has 0 unspecified atom stereocenters. The van der Waals surface area contributed by atoms with Crippen LogP contribution in [0.2, 0.25) is 0 Å². The first kappa shape index (κ1) is 21.2. The summed E-state index contributed by atoms with van der Waals surface area (Å²) in [7, 11) is 0. The van der Waals surface area contributed by atoms with Crippen molar-refractivity contribution in [3.8, 4) is 10.4 Å². The van der Waals surface area contributed by atoms with E-state index in [1.54, 1.807) is 11.3 Å². The van der Waals surface area contributed by atoms with Crippen molar-refractivity contribution < 1.29 is 4.79 Å². The molecule has 0 fully saturated rings. The fraction of sp³-hybridized carbons (Fsp3) is 0.320. The summed E-state index contributed by atoms with van der Waals surface area (Å²) in [6.45, 7) is 7.07. The molecule has 2 aromatic carbocycles. The molecule has 5 heteroatoms. The minimum atomic E-state index is 0.0519. The van der Waals surface area contributed by atoms with E-state index in [2.05, 4.69) is 84.7 Å². The van der Waals surface area contributed by atoms with Crippen LogP contribution in [0.3, 0.4) is 0 Å².